The van der Waals surface area contributed by atoms with Gasteiger partial charge in [-0.15, -0.1) is 5.10 Å². The van der Waals surface area contributed by atoms with Gasteiger partial charge in [0.1, 0.15) is 0 Å². The van der Waals surface area contributed by atoms with Crippen LogP contribution in [0.2, 0.25) is 0 Å². The number of H-pyrrole nitrogens is 2. The number of hydrogen-bond donors (Lipinski definition) is 4. The summed E-state index contributed by atoms with van der Waals surface area (Å²) in [6, 6.07) is 5.41. The van der Waals surface area contributed by atoms with Gasteiger partial charge in [-0.25, -0.2) is 15.3 Å². The number of unbranched alkanes of at least 4 members (excludes halogenated alkanes) is 1. The molecule has 30 heavy (non-hydrogen) atoms. The Kier molecular flexibility index (Phi) is 9.10. The molecule has 0 saturated heterocycles. The summed E-state index contributed by atoms with van der Waals surface area (Å²) < 4.78 is 11.3. The molecule has 1 heterocycles. The zero-order valence-electron chi connectivity index (χ0n) is 17.0. The molecule has 0 aliphatic rings. The molecular formula is C19H26N6O5. The number of aromatic nitrogens is 3. The first-order valence-electron chi connectivity index (χ1n) is 9.68. The molecule has 0 fully saturated rings. The fraction of sp³-hybridized carbons (Fsp3) is 0.421. The van der Waals surface area contributed by atoms with Gasteiger partial charge >= 0.3 is 5.69 Å². The molecule has 0 saturated carbocycles. The summed E-state index contributed by atoms with van der Waals surface area (Å²) in [5.74, 6) is 0.856. The minimum absolute atomic E-state index is 0.0476. The SMILES string of the molecule is CCCCOc1ccc(/C=N/NC(=O)CCNc2n[nH]c(=O)[nH]c2=O)cc1OCC. The second-order valence-corrected chi connectivity index (χ2v) is 6.17. The Hall–Kier alpha value is -3.63. The minimum Gasteiger partial charge on any atom is -0.490 e. The third-order valence-corrected chi connectivity index (χ3v) is 3.78. The molecule has 1 aromatic heterocycles. The van der Waals surface area contributed by atoms with Gasteiger partial charge in [0, 0.05) is 13.0 Å². The van der Waals surface area contributed by atoms with Gasteiger partial charge < -0.3 is 14.8 Å². The van der Waals surface area contributed by atoms with Crippen molar-refractivity contribution >= 4 is 17.9 Å². The van der Waals surface area contributed by atoms with E-state index < -0.39 is 11.2 Å². The van der Waals surface area contributed by atoms with E-state index in [-0.39, 0.29) is 24.7 Å². The molecule has 11 heteroatoms. The number of anilines is 1. The van der Waals surface area contributed by atoms with Crippen LogP contribution in [-0.2, 0) is 4.79 Å². The first kappa shape index (κ1) is 22.7. The van der Waals surface area contributed by atoms with Crippen LogP contribution in [0.4, 0.5) is 5.82 Å². The summed E-state index contributed by atoms with van der Waals surface area (Å²) in [5, 5.41) is 12.2. The van der Waals surface area contributed by atoms with Crippen LogP contribution in [0.25, 0.3) is 0 Å². The first-order chi connectivity index (χ1) is 14.5. The Balaban J connectivity index is 1.84. The molecule has 0 radical (unpaired) electrons. The van der Waals surface area contributed by atoms with Crippen molar-refractivity contribution in [3.8, 4) is 11.5 Å². The fourth-order valence-corrected chi connectivity index (χ4v) is 2.32. The van der Waals surface area contributed by atoms with Crippen molar-refractivity contribution in [1.29, 1.82) is 0 Å². The summed E-state index contributed by atoms with van der Waals surface area (Å²) in [4.78, 5) is 36.3. The molecule has 0 spiro atoms. The first-order valence-corrected chi connectivity index (χ1v) is 9.68. The molecule has 0 aliphatic carbocycles. The van der Waals surface area contributed by atoms with Crippen LogP contribution < -0.4 is 31.5 Å². The van der Waals surface area contributed by atoms with E-state index in [4.69, 9.17) is 9.47 Å². The smallest absolute Gasteiger partial charge is 0.342 e. The van der Waals surface area contributed by atoms with Crippen LogP contribution in [-0.4, -0.2) is 47.1 Å². The van der Waals surface area contributed by atoms with E-state index in [1.807, 2.05) is 24.0 Å². The maximum Gasteiger partial charge on any atom is 0.342 e. The zero-order valence-corrected chi connectivity index (χ0v) is 17.0. The third kappa shape index (κ3) is 7.41. The van der Waals surface area contributed by atoms with Crippen molar-refractivity contribution in [1.82, 2.24) is 20.6 Å². The fourth-order valence-electron chi connectivity index (χ4n) is 2.32. The van der Waals surface area contributed by atoms with E-state index in [9.17, 15) is 14.4 Å². The third-order valence-electron chi connectivity index (χ3n) is 3.78. The lowest BCUT2D eigenvalue weighted by atomic mass is 10.2. The van der Waals surface area contributed by atoms with E-state index >= 15 is 0 Å². The number of rotatable bonds is 12. The highest BCUT2D eigenvalue weighted by Gasteiger charge is 2.06. The molecular weight excluding hydrogens is 392 g/mol. The molecule has 0 unspecified atom stereocenters. The van der Waals surface area contributed by atoms with Gasteiger partial charge in [-0.3, -0.25) is 14.6 Å². The number of benzene rings is 1. The van der Waals surface area contributed by atoms with Gasteiger partial charge in [-0.1, -0.05) is 13.3 Å². The van der Waals surface area contributed by atoms with Crippen molar-refractivity contribution in [2.45, 2.75) is 33.1 Å². The van der Waals surface area contributed by atoms with Crippen molar-refractivity contribution in [3.63, 3.8) is 0 Å². The summed E-state index contributed by atoms with van der Waals surface area (Å²) in [7, 11) is 0. The highest BCUT2D eigenvalue weighted by Crippen LogP contribution is 2.28. The van der Waals surface area contributed by atoms with Gasteiger partial charge in [0.2, 0.25) is 11.7 Å². The molecule has 0 aliphatic heterocycles. The molecule has 2 aromatic rings. The monoisotopic (exact) mass is 418 g/mol. The molecule has 1 aromatic carbocycles. The lowest BCUT2D eigenvalue weighted by molar-refractivity contribution is -0.120. The van der Waals surface area contributed by atoms with Gasteiger partial charge in [-0.2, -0.15) is 5.10 Å². The molecule has 2 rings (SSSR count). The van der Waals surface area contributed by atoms with Crippen LogP contribution in [0, 0.1) is 0 Å². The molecule has 1 amide bonds. The second-order valence-electron chi connectivity index (χ2n) is 6.17. The highest BCUT2D eigenvalue weighted by atomic mass is 16.5. The predicted molar refractivity (Wildman–Crippen MR) is 112 cm³/mol. The molecule has 0 bridgehead atoms. The van der Waals surface area contributed by atoms with E-state index in [0.29, 0.717) is 24.7 Å². The topological polar surface area (TPSA) is 151 Å². The van der Waals surface area contributed by atoms with Crippen molar-refractivity contribution < 1.29 is 14.3 Å². The quantitative estimate of drug-likeness (QED) is 0.228. The van der Waals surface area contributed by atoms with Gasteiger partial charge in [-0.05, 0) is 37.1 Å². The Morgan fingerprint density at radius 3 is 2.80 bits per heavy atom. The number of nitrogens with one attached hydrogen (secondary N) is 4. The molecule has 0 atom stereocenters. The number of amides is 1. The van der Waals surface area contributed by atoms with E-state index in [0.717, 1.165) is 18.4 Å². The predicted octanol–water partition coefficient (Wildman–Crippen LogP) is 0.988. The number of hydrogen-bond acceptors (Lipinski definition) is 8. The lowest BCUT2D eigenvalue weighted by Crippen LogP contribution is -2.28. The van der Waals surface area contributed by atoms with Crippen LogP contribution in [0.5, 0.6) is 11.5 Å². The standard InChI is InChI=1S/C19H26N6O5/c1-3-5-10-30-14-7-6-13(11-15(14)29-4-2)12-21-23-16(26)8-9-20-17-18(27)22-19(28)25-24-17/h6-7,11-12H,3-5,8-10H2,1-2H3,(H,20,24)(H,23,26)(H2,22,25,27,28)/b21-12+. The Morgan fingerprint density at radius 2 is 2.07 bits per heavy atom. The maximum absolute atomic E-state index is 11.9. The van der Waals surface area contributed by atoms with Crippen molar-refractivity contribution in [3.05, 3.63) is 44.6 Å². The number of carbonyl (C=O) groups is 1. The lowest BCUT2D eigenvalue weighted by Gasteiger charge is -2.12. The summed E-state index contributed by atoms with van der Waals surface area (Å²) >= 11 is 0. The Labute approximate surface area is 172 Å². The van der Waals surface area contributed by atoms with Gasteiger partial charge in [0.05, 0.1) is 19.4 Å². The summed E-state index contributed by atoms with van der Waals surface area (Å²) in [6.45, 7) is 5.25. The van der Waals surface area contributed by atoms with Crippen molar-refractivity contribution in [2.24, 2.45) is 5.10 Å². The molecule has 162 valence electrons. The number of hydrazone groups is 1. The van der Waals surface area contributed by atoms with E-state index in [1.165, 1.54) is 6.21 Å². The minimum atomic E-state index is -0.703. The second kappa shape index (κ2) is 12.0. The zero-order chi connectivity index (χ0) is 21.8. The van der Waals surface area contributed by atoms with Crippen LogP contribution in [0.3, 0.4) is 0 Å². The number of nitrogens with zero attached hydrogens (tertiary/aromatic N) is 2. The highest BCUT2D eigenvalue weighted by molar-refractivity contribution is 5.83. The van der Waals surface area contributed by atoms with Crippen molar-refractivity contribution in [2.75, 3.05) is 25.1 Å². The normalized spacial score (nSPS) is 10.7. The Bertz CT molecular complexity index is 968. The van der Waals surface area contributed by atoms with E-state index in [1.54, 1.807) is 6.07 Å². The average molecular weight is 418 g/mol. The summed E-state index contributed by atoms with van der Waals surface area (Å²) in [5.41, 5.74) is 1.78. The number of carbonyl (C=O) groups excluding carboxylic acids is 1. The Morgan fingerprint density at radius 1 is 1.23 bits per heavy atom. The largest absolute Gasteiger partial charge is 0.490 e. The average Bonchev–Trinajstić information content (AvgIpc) is 2.71. The molecule has 11 nitrogen and oxygen atoms in total. The number of ether oxygens (including phenoxy) is 2. The van der Waals surface area contributed by atoms with Gasteiger partial charge in [0.25, 0.3) is 5.56 Å². The van der Waals surface area contributed by atoms with Gasteiger partial charge in [0.15, 0.2) is 11.5 Å². The van der Waals surface area contributed by atoms with Crippen LogP contribution in [0.1, 0.15) is 38.7 Å². The van der Waals surface area contributed by atoms with Crippen LogP contribution >= 0.6 is 0 Å². The molecule has 4 N–H and O–H groups in total. The number of aromatic amines is 2. The van der Waals surface area contributed by atoms with Crippen LogP contribution in [0.15, 0.2) is 32.9 Å². The van der Waals surface area contributed by atoms with E-state index in [2.05, 4.69) is 33.0 Å². The summed E-state index contributed by atoms with van der Waals surface area (Å²) in [6.07, 6.45) is 3.55. The maximum atomic E-state index is 11.9.